The summed E-state index contributed by atoms with van der Waals surface area (Å²) in [6.45, 7) is 4.24. The first-order chi connectivity index (χ1) is 8.77. The van der Waals surface area contributed by atoms with Gasteiger partial charge in [-0.25, -0.2) is 0 Å². The van der Waals surface area contributed by atoms with Crippen molar-refractivity contribution in [2.45, 2.75) is 32.6 Å². The molecular weight excluding hydrogens is 224 g/mol. The van der Waals surface area contributed by atoms with E-state index in [1.165, 1.54) is 5.56 Å². The molecule has 0 aliphatic rings. The van der Waals surface area contributed by atoms with Crippen LogP contribution in [0, 0.1) is 0 Å². The molecule has 1 rings (SSSR count). The summed E-state index contributed by atoms with van der Waals surface area (Å²) >= 11 is 0. The zero-order chi connectivity index (χ0) is 13.2. The molecule has 0 saturated carbocycles. The van der Waals surface area contributed by atoms with Crippen LogP contribution in [0.25, 0.3) is 0 Å². The van der Waals surface area contributed by atoms with Gasteiger partial charge in [0.05, 0.1) is 0 Å². The van der Waals surface area contributed by atoms with Crippen LogP contribution in [0.4, 0.5) is 0 Å². The average molecular weight is 248 g/mol. The van der Waals surface area contributed by atoms with E-state index in [2.05, 4.69) is 12.1 Å². The summed E-state index contributed by atoms with van der Waals surface area (Å²) in [5.74, 6) is 0.252. The first-order valence-corrected chi connectivity index (χ1v) is 6.79. The van der Waals surface area contributed by atoms with Crippen molar-refractivity contribution < 1.29 is 4.79 Å². The quantitative estimate of drug-likeness (QED) is 0.766. The molecule has 0 aliphatic carbocycles. The van der Waals surface area contributed by atoms with Gasteiger partial charge < -0.3 is 10.6 Å². The molecule has 3 nitrogen and oxygen atoms in total. The highest BCUT2D eigenvalue weighted by Crippen LogP contribution is 2.06. The van der Waals surface area contributed by atoms with Crippen molar-refractivity contribution >= 4 is 5.91 Å². The zero-order valence-corrected chi connectivity index (χ0v) is 11.3. The second-order valence-corrected chi connectivity index (χ2v) is 4.45. The van der Waals surface area contributed by atoms with Crippen molar-refractivity contribution in [1.82, 2.24) is 4.90 Å². The molecule has 0 fully saturated rings. The van der Waals surface area contributed by atoms with Crippen molar-refractivity contribution in [3.05, 3.63) is 35.9 Å². The predicted octanol–water partition coefficient (Wildman–Crippen LogP) is 2.21. The number of amides is 1. The van der Waals surface area contributed by atoms with Gasteiger partial charge in [0.1, 0.15) is 0 Å². The molecule has 0 heterocycles. The zero-order valence-electron chi connectivity index (χ0n) is 11.3. The molecule has 0 aliphatic heterocycles. The molecule has 0 saturated heterocycles. The molecular formula is C15H24N2O. The molecule has 1 aromatic rings. The number of hydrogen-bond acceptors (Lipinski definition) is 2. The summed E-state index contributed by atoms with van der Waals surface area (Å²) in [5.41, 5.74) is 6.77. The smallest absolute Gasteiger partial charge is 0.222 e. The number of aryl methyl sites for hydroxylation is 1. The number of nitrogens with two attached hydrogens (primary N) is 1. The van der Waals surface area contributed by atoms with Crippen LogP contribution < -0.4 is 5.73 Å². The molecule has 2 N–H and O–H groups in total. The van der Waals surface area contributed by atoms with E-state index in [0.29, 0.717) is 13.0 Å². The fraction of sp³-hybridized carbons (Fsp3) is 0.533. The Hall–Kier alpha value is -1.35. The van der Waals surface area contributed by atoms with Gasteiger partial charge in [-0.1, -0.05) is 30.3 Å². The second kappa shape index (κ2) is 8.70. The Kier molecular flexibility index (Phi) is 7.11. The van der Waals surface area contributed by atoms with E-state index >= 15 is 0 Å². The minimum Gasteiger partial charge on any atom is -0.343 e. The van der Waals surface area contributed by atoms with Crippen LogP contribution in [0.1, 0.15) is 31.7 Å². The summed E-state index contributed by atoms with van der Waals surface area (Å²) in [5, 5.41) is 0. The summed E-state index contributed by atoms with van der Waals surface area (Å²) < 4.78 is 0. The van der Waals surface area contributed by atoms with E-state index < -0.39 is 0 Å². The number of benzene rings is 1. The van der Waals surface area contributed by atoms with Crippen molar-refractivity contribution in [3.63, 3.8) is 0 Å². The molecule has 100 valence electrons. The first-order valence-electron chi connectivity index (χ1n) is 6.79. The highest BCUT2D eigenvalue weighted by Gasteiger charge is 2.10. The Bertz CT molecular complexity index is 338. The highest BCUT2D eigenvalue weighted by atomic mass is 16.2. The SMILES string of the molecule is CCN(CCCN)C(=O)CCCc1ccccc1. The largest absolute Gasteiger partial charge is 0.343 e. The molecule has 3 heteroatoms. The van der Waals surface area contributed by atoms with Crippen LogP contribution in [-0.4, -0.2) is 30.4 Å². The van der Waals surface area contributed by atoms with Crippen LogP contribution in [-0.2, 0) is 11.2 Å². The summed E-state index contributed by atoms with van der Waals surface area (Å²) in [7, 11) is 0. The van der Waals surface area contributed by atoms with Gasteiger partial charge in [0, 0.05) is 19.5 Å². The second-order valence-electron chi connectivity index (χ2n) is 4.45. The van der Waals surface area contributed by atoms with Gasteiger partial charge in [-0.05, 0) is 38.3 Å². The third-order valence-electron chi connectivity index (χ3n) is 3.07. The lowest BCUT2D eigenvalue weighted by Gasteiger charge is -2.20. The maximum absolute atomic E-state index is 12.0. The lowest BCUT2D eigenvalue weighted by Crippen LogP contribution is -2.32. The van der Waals surface area contributed by atoms with Gasteiger partial charge in [-0.15, -0.1) is 0 Å². The fourth-order valence-corrected chi connectivity index (χ4v) is 1.99. The lowest BCUT2D eigenvalue weighted by molar-refractivity contribution is -0.131. The maximum atomic E-state index is 12.0. The van der Waals surface area contributed by atoms with Crippen LogP contribution >= 0.6 is 0 Å². The Labute approximate surface area is 110 Å². The highest BCUT2D eigenvalue weighted by molar-refractivity contribution is 5.76. The summed E-state index contributed by atoms with van der Waals surface area (Å²) in [6.07, 6.45) is 3.41. The molecule has 0 atom stereocenters. The molecule has 0 radical (unpaired) electrons. The van der Waals surface area contributed by atoms with E-state index in [4.69, 9.17) is 5.73 Å². The molecule has 0 spiro atoms. The Morgan fingerprint density at radius 3 is 2.56 bits per heavy atom. The summed E-state index contributed by atoms with van der Waals surface area (Å²) in [4.78, 5) is 13.9. The van der Waals surface area contributed by atoms with Gasteiger partial charge >= 0.3 is 0 Å². The summed E-state index contributed by atoms with van der Waals surface area (Å²) in [6, 6.07) is 10.3. The predicted molar refractivity (Wildman–Crippen MR) is 75.3 cm³/mol. The molecule has 0 unspecified atom stereocenters. The number of carbonyl (C=O) groups excluding carboxylic acids is 1. The Morgan fingerprint density at radius 1 is 1.22 bits per heavy atom. The van der Waals surface area contributed by atoms with Gasteiger partial charge in [-0.2, -0.15) is 0 Å². The Morgan fingerprint density at radius 2 is 1.94 bits per heavy atom. The first kappa shape index (κ1) is 14.7. The van der Waals surface area contributed by atoms with Gasteiger partial charge in [0.15, 0.2) is 0 Å². The minimum absolute atomic E-state index is 0.252. The van der Waals surface area contributed by atoms with Crippen molar-refractivity contribution in [2.24, 2.45) is 5.73 Å². The maximum Gasteiger partial charge on any atom is 0.222 e. The molecule has 0 aromatic heterocycles. The van der Waals surface area contributed by atoms with Crippen LogP contribution in [0.2, 0.25) is 0 Å². The normalized spacial score (nSPS) is 10.3. The van der Waals surface area contributed by atoms with Gasteiger partial charge in [-0.3, -0.25) is 4.79 Å². The number of nitrogens with zero attached hydrogens (tertiary/aromatic N) is 1. The molecule has 1 aromatic carbocycles. The molecule has 1 amide bonds. The third kappa shape index (κ3) is 5.32. The lowest BCUT2D eigenvalue weighted by atomic mass is 10.1. The van der Waals surface area contributed by atoms with E-state index in [-0.39, 0.29) is 5.91 Å². The van der Waals surface area contributed by atoms with Crippen LogP contribution in [0.3, 0.4) is 0 Å². The number of rotatable bonds is 8. The van der Waals surface area contributed by atoms with E-state index in [1.807, 2.05) is 30.0 Å². The van der Waals surface area contributed by atoms with Crippen LogP contribution in [0.5, 0.6) is 0 Å². The molecule has 18 heavy (non-hydrogen) atoms. The van der Waals surface area contributed by atoms with Crippen molar-refractivity contribution in [2.75, 3.05) is 19.6 Å². The minimum atomic E-state index is 0.252. The van der Waals surface area contributed by atoms with E-state index in [9.17, 15) is 4.79 Å². The van der Waals surface area contributed by atoms with Crippen LogP contribution in [0.15, 0.2) is 30.3 Å². The number of carbonyl (C=O) groups is 1. The van der Waals surface area contributed by atoms with Crippen molar-refractivity contribution in [1.29, 1.82) is 0 Å². The third-order valence-corrected chi connectivity index (χ3v) is 3.07. The van der Waals surface area contributed by atoms with Crippen molar-refractivity contribution in [3.8, 4) is 0 Å². The topological polar surface area (TPSA) is 46.3 Å². The van der Waals surface area contributed by atoms with Gasteiger partial charge in [0.25, 0.3) is 0 Å². The van der Waals surface area contributed by atoms with Gasteiger partial charge in [0.2, 0.25) is 5.91 Å². The average Bonchev–Trinajstić information content (AvgIpc) is 2.41. The standard InChI is InChI=1S/C15H24N2O/c1-2-17(13-7-12-16)15(18)11-6-10-14-8-4-3-5-9-14/h3-5,8-9H,2,6-7,10-13,16H2,1H3. The van der Waals surface area contributed by atoms with E-state index in [0.717, 1.165) is 32.4 Å². The fourth-order valence-electron chi connectivity index (χ4n) is 1.99. The Balaban J connectivity index is 2.27. The monoisotopic (exact) mass is 248 g/mol. The number of hydrogen-bond donors (Lipinski definition) is 1. The molecule has 0 bridgehead atoms. The van der Waals surface area contributed by atoms with E-state index in [1.54, 1.807) is 0 Å².